The summed E-state index contributed by atoms with van der Waals surface area (Å²) in [6, 6.07) is 8.04. The molecule has 0 aliphatic rings. The molecule has 29 heavy (non-hydrogen) atoms. The first-order chi connectivity index (χ1) is 13.9. The van der Waals surface area contributed by atoms with Crippen molar-refractivity contribution >= 4 is 11.8 Å². The lowest BCUT2D eigenvalue weighted by molar-refractivity contribution is 0.409. The predicted molar refractivity (Wildman–Crippen MR) is 114 cm³/mol. The Kier molecular flexibility index (Phi) is 5.92. The molecule has 0 spiro atoms. The largest absolute Gasteiger partial charge is 0.404 e. The average Bonchev–Trinajstić information content (AvgIpc) is 3.32. The summed E-state index contributed by atoms with van der Waals surface area (Å²) in [6.45, 7) is 7.81. The van der Waals surface area contributed by atoms with Gasteiger partial charge < -0.3 is 16.0 Å². The Morgan fingerprint density at radius 3 is 2.55 bits per heavy atom. The van der Waals surface area contributed by atoms with Gasteiger partial charge in [-0.3, -0.25) is 4.68 Å². The molecule has 0 saturated carbocycles. The van der Waals surface area contributed by atoms with E-state index in [9.17, 15) is 0 Å². The molecule has 0 bridgehead atoms. The molecule has 0 fully saturated rings. The topological polar surface area (TPSA) is 121 Å². The van der Waals surface area contributed by atoms with Gasteiger partial charge in [-0.1, -0.05) is 49.8 Å². The molecule has 0 aliphatic heterocycles. The van der Waals surface area contributed by atoms with Crippen LogP contribution in [0.2, 0.25) is 0 Å². The maximum atomic E-state index is 5.72. The number of rotatable bonds is 7. The summed E-state index contributed by atoms with van der Waals surface area (Å²) in [7, 11) is 1.84. The lowest BCUT2D eigenvalue weighted by Gasteiger charge is -2.18. The second-order valence-electron chi connectivity index (χ2n) is 7.08. The van der Waals surface area contributed by atoms with E-state index in [-0.39, 0.29) is 17.7 Å². The van der Waals surface area contributed by atoms with Crippen LogP contribution in [0.3, 0.4) is 0 Å². The standard InChI is InChI=1S/C21H25N7O/c1-13(2)19(20-26-21(29-27-20)18-11-25-28(4)12-18)16-7-5-15(6-8-16)17(9-22)10-24-14(3)23/h5-13,19H,3,22-23H2,1-2,4H3/b17-9+,24-10-. The summed E-state index contributed by atoms with van der Waals surface area (Å²) in [5.41, 5.74) is 14.8. The smallest absolute Gasteiger partial charge is 0.261 e. The van der Waals surface area contributed by atoms with E-state index < -0.39 is 0 Å². The highest BCUT2D eigenvalue weighted by Gasteiger charge is 2.24. The highest BCUT2D eigenvalue weighted by Crippen LogP contribution is 2.32. The minimum absolute atomic E-state index is 0.0129. The van der Waals surface area contributed by atoms with E-state index in [2.05, 4.69) is 40.7 Å². The first-order valence-corrected chi connectivity index (χ1v) is 9.22. The molecule has 0 aliphatic carbocycles. The second-order valence-corrected chi connectivity index (χ2v) is 7.08. The molecular formula is C21H25N7O. The molecule has 1 aromatic carbocycles. The zero-order valence-electron chi connectivity index (χ0n) is 16.8. The van der Waals surface area contributed by atoms with Crippen LogP contribution in [0.25, 0.3) is 17.0 Å². The van der Waals surface area contributed by atoms with Gasteiger partial charge in [0.25, 0.3) is 5.89 Å². The summed E-state index contributed by atoms with van der Waals surface area (Å²) < 4.78 is 7.17. The fourth-order valence-corrected chi connectivity index (χ4v) is 3.09. The number of hydrogen-bond donors (Lipinski definition) is 2. The molecule has 0 saturated heterocycles. The SMILES string of the molecule is C=C(N)/N=C\C(=C/N)c1ccc(C(c2noc(-c3cnn(C)c3)n2)C(C)C)cc1. The van der Waals surface area contributed by atoms with E-state index >= 15 is 0 Å². The maximum Gasteiger partial charge on any atom is 0.261 e. The van der Waals surface area contributed by atoms with Crippen molar-refractivity contribution in [1.29, 1.82) is 0 Å². The Morgan fingerprint density at radius 2 is 2.00 bits per heavy atom. The van der Waals surface area contributed by atoms with Gasteiger partial charge in [0.15, 0.2) is 5.82 Å². The van der Waals surface area contributed by atoms with Crippen LogP contribution in [-0.2, 0) is 7.05 Å². The minimum atomic E-state index is -0.0129. The van der Waals surface area contributed by atoms with Crippen LogP contribution in [0.5, 0.6) is 0 Å². The minimum Gasteiger partial charge on any atom is -0.404 e. The molecule has 3 rings (SSSR count). The lowest BCUT2D eigenvalue weighted by Crippen LogP contribution is -2.10. The van der Waals surface area contributed by atoms with Crippen molar-refractivity contribution in [3.63, 3.8) is 0 Å². The third-order valence-electron chi connectivity index (χ3n) is 4.49. The third-order valence-corrected chi connectivity index (χ3v) is 4.49. The maximum absolute atomic E-state index is 5.72. The van der Waals surface area contributed by atoms with Gasteiger partial charge in [0.1, 0.15) is 5.82 Å². The summed E-state index contributed by atoms with van der Waals surface area (Å²) in [4.78, 5) is 8.62. The van der Waals surface area contributed by atoms with Gasteiger partial charge in [-0.2, -0.15) is 10.1 Å². The zero-order chi connectivity index (χ0) is 21.0. The Hall–Kier alpha value is -3.68. The molecule has 4 N–H and O–H groups in total. The van der Waals surface area contributed by atoms with Crippen molar-refractivity contribution in [2.24, 2.45) is 29.4 Å². The monoisotopic (exact) mass is 391 g/mol. The fourth-order valence-electron chi connectivity index (χ4n) is 3.09. The van der Waals surface area contributed by atoms with Gasteiger partial charge in [-0.05, 0) is 17.0 Å². The Labute approximate surface area is 169 Å². The van der Waals surface area contributed by atoms with Gasteiger partial charge in [0.2, 0.25) is 0 Å². The summed E-state index contributed by atoms with van der Waals surface area (Å²) in [5, 5.41) is 8.37. The number of aromatic nitrogens is 4. The van der Waals surface area contributed by atoms with Crippen LogP contribution >= 0.6 is 0 Å². The Bertz CT molecular complexity index is 1040. The molecule has 8 heteroatoms. The van der Waals surface area contributed by atoms with Gasteiger partial charge in [-0.25, -0.2) is 4.99 Å². The van der Waals surface area contributed by atoms with E-state index in [0.717, 1.165) is 22.3 Å². The van der Waals surface area contributed by atoms with Crippen LogP contribution in [-0.4, -0.2) is 26.1 Å². The molecule has 1 unspecified atom stereocenters. The van der Waals surface area contributed by atoms with Gasteiger partial charge >= 0.3 is 0 Å². The molecule has 0 amide bonds. The fraction of sp³-hybridized carbons (Fsp3) is 0.238. The van der Waals surface area contributed by atoms with Crippen molar-refractivity contribution < 1.29 is 4.52 Å². The molecule has 2 heterocycles. The van der Waals surface area contributed by atoms with Gasteiger partial charge in [0, 0.05) is 37.2 Å². The average molecular weight is 391 g/mol. The summed E-state index contributed by atoms with van der Waals surface area (Å²) in [5.74, 6) is 1.58. The predicted octanol–water partition coefficient (Wildman–Crippen LogP) is 3.06. The van der Waals surface area contributed by atoms with Gasteiger partial charge in [-0.15, -0.1) is 0 Å². The summed E-state index contributed by atoms with van der Waals surface area (Å²) in [6.07, 6.45) is 6.63. The van der Waals surface area contributed by atoms with Crippen molar-refractivity contribution in [2.45, 2.75) is 19.8 Å². The molecule has 8 nitrogen and oxygen atoms in total. The number of allylic oxidation sites excluding steroid dienone is 1. The van der Waals surface area contributed by atoms with E-state index in [0.29, 0.717) is 11.7 Å². The van der Waals surface area contributed by atoms with E-state index in [1.165, 1.54) is 6.20 Å². The van der Waals surface area contributed by atoms with E-state index in [4.69, 9.17) is 16.0 Å². The number of hydrogen-bond acceptors (Lipinski definition) is 7. The number of aryl methyl sites for hydroxylation is 1. The zero-order valence-corrected chi connectivity index (χ0v) is 16.8. The van der Waals surface area contributed by atoms with E-state index in [1.54, 1.807) is 17.1 Å². The van der Waals surface area contributed by atoms with Gasteiger partial charge in [0.05, 0.1) is 11.8 Å². The quantitative estimate of drug-likeness (QED) is 0.597. The van der Waals surface area contributed by atoms with Crippen LogP contribution in [0.1, 0.15) is 36.7 Å². The third kappa shape index (κ3) is 4.60. The van der Waals surface area contributed by atoms with Crippen LogP contribution < -0.4 is 11.5 Å². The van der Waals surface area contributed by atoms with Crippen molar-refractivity contribution in [2.75, 3.05) is 0 Å². The Balaban J connectivity index is 1.88. The number of nitrogens with two attached hydrogens (primary N) is 2. The Morgan fingerprint density at radius 1 is 1.28 bits per heavy atom. The highest BCUT2D eigenvalue weighted by molar-refractivity contribution is 6.09. The first-order valence-electron chi connectivity index (χ1n) is 9.22. The number of aliphatic imine (C=N–C) groups is 1. The first kappa shape index (κ1) is 20.1. The van der Waals surface area contributed by atoms with E-state index in [1.807, 2.05) is 37.5 Å². The van der Waals surface area contributed by atoms with Crippen molar-refractivity contribution in [3.05, 3.63) is 72.2 Å². The molecule has 3 aromatic rings. The van der Waals surface area contributed by atoms with Crippen molar-refractivity contribution in [3.8, 4) is 11.5 Å². The normalized spacial score (nSPS) is 13.3. The number of benzene rings is 1. The van der Waals surface area contributed by atoms with Crippen LogP contribution in [0, 0.1) is 5.92 Å². The summed E-state index contributed by atoms with van der Waals surface area (Å²) >= 11 is 0. The molecule has 0 radical (unpaired) electrons. The lowest BCUT2D eigenvalue weighted by atomic mass is 9.87. The second kappa shape index (κ2) is 8.55. The van der Waals surface area contributed by atoms with Crippen LogP contribution in [0.15, 0.2) is 64.8 Å². The van der Waals surface area contributed by atoms with Crippen molar-refractivity contribution in [1.82, 2.24) is 19.9 Å². The molecular weight excluding hydrogens is 366 g/mol. The highest BCUT2D eigenvalue weighted by atomic mass is 16.5. The van der Waals surface area contributed by atoms with Crippen LogP contribution in [0.4, 0.5) is 0 Å². The molecule has 150 valence electrons. The molecule has 1 atom stereocenters. The number of nitrogens with zero attached hydrogens (tertiary/aromatic N) is 5. The molecule has 2 aromatic heterocycles.